The first-order chi connectivity index (χ1) is 9.60. The summed E-state index contributed by atoms with van der Waals surface area (Å²) in [6, 6.07) is 3.13. The average molecular weight is 294 g/mol. The summed E-state index contributed by atoms with van der Waals surface area (Å²) in [5, 5.41) is 7.42. The number of carbonyl (C=O) groups excluding carboxylic acids is 2. The highest BCUT2D eigenvalue weighted by molar-refractivity contribution is 7.99. The van der Waals surface area contributed by atoms with Crippen LogP contribution in [0, 0.1) is 0 Å². The second-order valence-corrected chi connectivity index (χ2v) is 4.46. The zero-order chi connectivity index (χ0) is 14.5. The van der Waals surface area contributed by atoms with E-state index in [4.69, 9.17) is 14.9 Å². The second-order valence-electron chi connectivity index (χ2n) is 3.44. The Bertz CT molecular complexity index is 643. The van der Waals surface area contributed by atoms with Crippen molar-refractivity contribution >= 4 is 23.6 Å². The molecule has 1 amide bonds. The first-order valence-electron chi connectivity index (χ1n) is 5.54. The normalized spacial score (nSPS) is 10.2. The highest BCUT2D eigenvalue weighted by atomic mass is 32.2. The molecule has 2 N–H and O–H groups in total. The topological polar surface area (TPSA) is 121 Å². The lowest BCUT2D eigenvalue weighted by Crippen LogP contribution is -2.12. The fourth-order valence-corrected chi connectivity index (χ4v) is 1.94. The van der Waals surface area contributed by atoms with Gasteiger partial charge in [-0.15, -0.1) is 5.10 Å². The summed E-state index contributed by atoms with van der Waals surface area (Å²) in [6.45, 7) is 1.89. The van der Waals surface area contributed by atoms with Crippen LogP contribution in [0.2, 0.25) is 0 Å². The lowest BCUT2D eigenvalue weighted by atomic mass is 10.3. The quantitative estimate of drug-likeness (QED) is 0.807. The monoisotopic (exact) mass is 294 g/mol. The van der Waals surface area contributed by atoms with E-state index in [-0.39, 0.29) is 23.4 Å². The molecule has 2 rings (SSSR count). The molecule has 0 saturated carbocycles. The van der Waals surface area contributed by atoms with E-state index in [1.54, 1.807) is 13.0 Å². The van der Waals surface area contributed by atoms with Gasteiger partial charge in [-0.05, 0) is 30.8 Å². The fourth-order valence-electron chi connectivity index (χ4n) is 1.24. The van der Waals surface area contributed by atoms with Gasteiger partial charge in [-0.3, -0.25) is 9.78 Å². The number of primary amides is 1. The lowest BCUT2D eigenvalue weighted by Gasteiger charge is -1.98. The Labute approximate surface area is 117 Å². The molecule has 0 aromatic carbocycles. The standard InChI is InChI=1S/C11H10N4O4S/c1-2-18-10(17)9-14-15-11(19-9)20-6-3-4-13-7(5-6)8(12)16/h3-5H,2H2,1H3,(H2,12,16). The molecular formula is C11H10N4O4S. The maximum Gasteiger partial charge on any atom is 0.396 e. The molecule has 0 aliphatic heterocycles. The Kier molecular flexibility index (Phi) is 4.31. The van der Waals surface area contributed by atoms with Gasteiger partial charge < -0.3 is 14.9 Å². The number of nitrogens with two attached hydrogens (primary N) is 1. The van der Waals surface area contributed by atoms with E-state index in [9.17, 15) is 9.59 Å². The van der Waals surface area contributed by atoms with E-state index in [1.807, 2.05) is 0 Å². The van der Waals surface area contributed by atoms with Crippen LogP contribution in [0.25, 0.3) is 0 Å². The van der Waals surface area contributed by atoms with E-state index in [1.165, 1.54) is 12.3 Å². The van der Waals surface area contributed by atoms with Gasteiger partial charge in [0, 0.05) is 11.1 Å². The zero-order valence-corrected chi connectivity index (χ0v) is 11.2. The highest BCUT2D eigenvalue weighted by Gasteiger charge is 2.16. The van der Waals surface area contributed by atoms with Gasteiger partial charge >= 0.3 is 11.9 Å². The van der Waals surface area contributed by atoms with Gasteiger partial charge in [0.25, 0.3) is 11.1 Å². The van der Waals surface area contributed by atoms with Crippen molar-refractivity contribution in [3.63, 3.8) is 0 Å². The van der Waals surface area contributed by atoms with Crippen molar-refractivity contribution in [3.8, 4) is 0 Å². The summed E-state index contributed by atoms with van der Waals surface area (Å²) in [4.78, 5) is 26.8. The maximum absolute atomic E-state index is 11.4. The molecule has 0 unspecified atom stereocenters. The number of carbonyl (C=O) groups is 2. The lowest BCUT2D eigenvalue weighted by molar-refractivity contribution is 0.0475. The van der Waals surface area contributed by atoms with Crippen LogP contribution in [0.1, 0.15) is 28.1 Å². The van der Waals surface area contributed by atoms with Crippen molar-refractivity contribution in [2.45, 2.75) is 17.0 Å². The number of amides is 1. The minimum absolute atomic E-state index is 0.125. The van der Waals surface area contributed by atoms with Crippen LogP contribution in [0.5, 0.6) is 0 Å². The summed E-state index contributed by atoms with van der Waals surface area (Å²) < 4.78 is 9.86. The minimum atomic E-state index is -0.681. The van der Waals surface area contributed by atoms with Gasteiger partial charge in [-0.25, -0.2) is 4.79 Å². The minimum Gasteiger partial charge on any atom is -0.459 e. The summed E-state index contributed by atoms with van der Waals surface area (Å²) in [5.41, 5.74) is 5.26. The Morgan fingerprint density at radius 2 is 2.25 bits per heavy atom. The van der Waals surface area contributed by atoms with Crippen molar-refractivity contribution in [2.75, 3.05) is 6.61 Å². The molecule has 0 aliphatic carbocycles. The number of hydrogen-bond donors (Lipinski definition) is 1. The van der Waals surface area contributed by atoms with Crippen LogP contribution >= 0.6 is 11.8 Å². The predicted molar refractivity (Wildman–Crippen MR) is 67.1 cm³/mol. The number of esters is 1. The molecular weight excluding hydrogens is 284 g/mol. The third kappa shape index (κ3) is 3.32. The fraction of sp³-hybridized carbons (Fsp3) is 0.182. The number of pyridine rings is 1. The van der Waals surface area contributed by atoms with E-state index in [2.05, 4.69) is 15.2 Å². The molecule has 0 fully saturated rings. The summed E-state index contributed by atoms with van der Waals surface area (Å²) in [5.74, 6) is -1.54. The van der Waals surface area contributed by atoms with Gasteiger partial charge in [0.2, 0.25) is 0 Å². The van der Waals surface area contributed by atoms with Gasteiger partial charge in [0.15, 0.2) is 0 Å². The first kappa shape index (κ1) is 14.0. The molecule has 0 atom stereocenters. The third-order valence-electron chi connectivity index (χ3n) is 2.05. The number of rotatable bonds is 5. The van der Waals surface area contributed by atoms with E-state index >= 15 is 0 Å². The van der Waals surface area contributed by atoms with Crippen LogP contribution in [0.3, 0.4) is 0 Å². The molecule has 0 bridgehead atoms. The molecule has 8 nitrogen and oxygen atoms in total. The van der Waals surface area contributed by atoms with E-state index in [0.29, 0.717) is 4.90 Å². The largest absolute Gasteiger partial charge is 0.459 e. The van der Waals surface area contributed by atoms with Gasteiger partial charge in [-0.2, -0.15) is 0 Å². The highest BCUT2D eigenvalue weighted by Crippen LogP contribution is 2.26. The van der Waals surface area contributed by atoms with Crippen molar-refractivity contribution < 1.29 is 18.7 Å². The molecule has 20 heavy (non-hydrogen) atoms. The van der Waals surface area contributed by atoms with Gasteiger partial charge in [0.05, 0.1) is 6.61 Å². The molecule has 2 aromatic heterocycles. The Morgan fingerprint density at radius 1 is 1.45 bits per heavy atom. The Morgan fingerprint density at radius 3 is 2.95 bits per heavy atom. The van der Waals surface area contributed by atoms with Crippen LogP contribution in [-0.4, -0.2) is 33.7 Å². The van der Waals surface area contributed by atoms with Crippen molar-refractivity contribution in [1.82, 2.24) is 15.2 Å². The molecule has 0 saturated heterocycles. The van der Waals surface area contributed by atoms with Crippen LogP contribution < -0.4 is 5.73 Å². The second kappa shape index (κ2) is 6.15. The predicted octanol–water partition coefficient (Wildman–Crippen LogP) is 0.891. The summed E-state index contributed by atoms with van der Waals surface area (Å²) in [6.07, 6.45) is 1.44. The van der Waals surface area contributed by atoms with Crippen molar-refractivity contribution in [3.05, 3.63) is 29.9 Å². The molecule has 0 radical (unpaired) electrons. The molecule has 2 heterocycles. The number of nitrogens with zero attached hydrogens (tertiary/aromatic N) is 3. The van der Waals surface area contributed by atoms with Crippen LogP contribution in [0.4, 0.5) is 0 Å². The smallest absolute Gasteiger partial charge is 0.396 e. The van der Waals surface area contributed by atoms with Gasteiger partial charge in [0.1, 0.15) is 5.69 Å². The maximum atomic E-state index is 11.4. The molecule has 2 aromatic rings. The number of hydrogen-bond acceptors (Lipinski definition) is 8. The molecule has 0 aliphatic rings. The first-order valence-corrected chi connectivity index (χ1v) is 6.36. The van der Waals surface area contributed by atoms with Crippen molar-refractivity contribution in [1.29, 1.82) is 0 Å². The average Bonchev–Trinajstić information content (AvgIpc) is 2.88. The van der Waals surface area contributed by atoms with E-state index in [0.717, 1.165) is 11.8 Å². The van der Waals surface area contributed by atoms with Gasteiger partial charge in [-0.1, -0.05) is 5.10 Å². The summed E-state index contributed by atoms with van der Waals surface area (Å²) >= 11 is 1.08. The molecule has 0 spiro atoms. The third-order valence-corrected chi connectivity index (χ3v) is 2.87. The number of ether oxygens (including phenoxy) is 1. The Balaban J connectivity index is 2.12. The zero-order valence-electron chi connectivity index (χ0n) is 10.4. The van der Waals surface area contributed by atoms with Crippen LogP contribution in [0.15, 0.2) is 32.9 Å². The molecule has 9 heteroatoms. The SMILES string of the molecule is CCOC(=O)c1nnc(Sc2ccnc(C(N)=O)c2)o1. The Hall–Kier alpha value is -2.42. The number of aromatic nitrogens is 3. The van der Waals surface area contributed by atoms with E-state index < -0.39 is 11.9 Å². The summed E-state index contributed by atoms with van der Waals surface area (Å²) in [7, 11) is 0. The van der Waals surface area contributed by atoms with Crippen molar-refractivity contribution in [2.24, 2.45) is 5.73 Å². The molecule has 104 valence electrons. The van der Waals surface area contributed by atoms with Crippen LogP contribution in [-0.2, 0) is 4.74 Å².